The number of rotatable bonds is 1. The maximum absolute atomic E-state index is 12.2. The number of carbonyl (C=O) groups is 2. The van der Waals surface area contributed by atoms with Crippen molar-refractivity contribution in [3.05, 3.63) is 23.3 Å². The Kier molecular flexibility index (Phi) is 6.20. The van der Waals surface area contributed by atoms with Crippen molar-refractivity contribution in [1.29, 1.82) is 0 Å². The molecule has 1 aliphatic carbocycles. The Bertz CT molecular complexity index is 513. The predicted octanol–water partition coefficient (Wildman–Crippen LogP) is 4.62. The third-order valence-electron chi connectivity index (χ3n) is 5.14. The van der Waals surface area contributed by atoms with Crippen LogP contribution in [0.25, 0.3) is 0 Å². The summed E-state index contributed by atoms with van der Waals surface area (Å²) in [5, 5.41) is 0. The number of Topliss-reactive ketones (excluding diaryl/α,β-unsaturated/α-hetero) is 1. The Morgan fingerprint density at radius 1 is 1.22 bits per heavy atom. The SMILES string of the molecule is C/C1=C/CC[C@@H](C)CC(=O)CC2=C[C@@H](OC2=O)[C@H](C(C)C)CC1. The van der Waals surface area contributed by atoms with Crippen molar-refractivity contribution in [1.82, 2.24) is 0 Å². The van der Waals surface area contributed by atoms with E-state index in [0.717, 1.165) is 25.7 Å². The molecule has 128 valence electrons. The fraction of sp³-hybridized carbons (Fsp3) is 0.700. The van der Waals surface area contributed by atoms with Crippen LogP contribution in [0, 0.1) is 17.8 Å². The van der Waals surface area contributed by atoms with Crippen molar-refractivity contribution >= 4 is 11.8 Å². The molecule has 3 atom stereocenters. The van der Waals surface area contributed by atoms with Crippen LogP contribution in [-0.2, 0) is 14.3 Å². The number of allylic oxidation sites excluding steroid dienone is 2. The highest BCUT2D eigenvalue weighted by Crippen LogP contribution is 2.32. The first-order valence-corrected chi connectivity index (χ1v) is 8.95. The van der Waals surface area contributed by atoms with Gasteiger partial charge in [-0.3, -0.25) is 4.79 Å². The molecule has 0 aromatic heterocycles. The van der Waals surface area contributed by atoms with E-state index in [1.54, 1.807) is 0 Å². The summed E-state index contributed by atoms with van der Waals surface area (Å²) < 4.78 is 5.58. The molecule has 2 aliphatic rings. The minimum absolute atomic E-state index is 0.153. The lowest BCUT2D eigenvalue weighted by atomic mass is 9.84. The number of fused-ring (bicyclic) bond motifs is 1. The number of ketones is 1. The van der Waals surface area contributed by atoms with Gasteiger partial charge in [-0.15, -0.1) is 0 Å². The van der Waals surface area contributed by atoms with Gasteiger partial charge in [0.15, 0.2) is 0 Å². The summed E-state index contributed by atoms with van der Waals surface area (Å²) in [6, 6.07) is 0. The average molecular weight is 318 g/mol. The van der Waals surface area contributed by atoms with Crippen molar-refractivity contribution < 1.29 is 14.3 Å². The maximum atomic E-state index is 12.2. The van der Waals surface area contributed by atoms with Gasteiger partial charge in [0.2, 0.25) is 0 Å². The van der Waals surface area contributed by atoms with E-state index < -0.39 is 0 Å². The van der Waals surface area contributed by atoms with E-state index in [0.29, 0.717) is 29.7 Å². The smallest absolute Gasteiger partial charge is 0.334 e. The van der Waals surface area contributed by atoms with Crippen LogP contribution in [0.2, 0.25) is 0 Å². The fourth-order valence-corrected chi connectivity index (χ4v) is 3.60. The van der Waals surface area contributed by atoms with Crippen LogP contribution in [0.4, 0.5) is 0 Å². The van der Waals surface area contributed by atoms with E-state index in [4.69, 9.17) is 4.74 Å². The molecule has 23 heavy (non-hydrogen) atoms. The van der Waals surface area contributed by atoms with Crippen molar-refractivity contribution in [2.45, 2.75) is 72.3 Å². The molecule has 0 unspecified atom stereocenters. The molecule has 2 bridgehead atoms. The summed E-state index contributed by atoms with van der Waals surface area (Å²) in [7, 11) is 0. The lowest BCUT2D eigenvalue weighted by Crippen LogP contribution is -2.25. The van der Waals surface area contributed by atoms with E-state index in [1.165, 1.54) is 5.57 Å². The molecular formula is C20H30O3. The van der Waals surface area contributed by atoms with Gasteiger partial charge in [0.1, 0.15) is 11.9 Å². The summed E-state index contributed by atoms with van der Waals surface area (Å²) in [6.45, 7) is 8.66. The second kappa shape index (κ2) is 7.94. The second-order valence-electron chi connectivity index (χ2n) is 7.66. The molecule has 0 N–H and O–H groups in total. The van der Waals surface area contributed by atoms with Gasteiger partial charge in [-0.05, 0) is 50.5 Å². The highest BCUT2D eigenvalue weighted by Gasteiger charge is 2.33. The standard InChI is InChI=1S/C20H30O3/c1-13(2)18-9-8-14(3)6-5-7-15(4)10-17(21)11-16-12-19(18)23-20(16)22/h6,12-13,15,18-19H,5,7-11H2,1-4H3/b14-6-/t15-,18+,19-/m1/s1. The number of ether oxygens (including phenoxy) is 1. The number of hydrogen-bond acceptors (Lipinski definition) is 3. The normalized spacial score (nSPS) is 32.8. The number of hydrogen-bond donors (Lipinski definition) is 0. The molecule has 1 aliphatic heterocycles. The van der Waals surface area contributed by atoms with Gasteiger partial charge in [-0.2, -0.15) is 0 Å². The van der Waals surface area contributed by atoms with Gasteiger partial charge < -0.3 is 4.74 Å². The van der Waals surface area contributed by atoms with Crippen molar-refractivity contribution in [2.75, 3.05) is 0 Å². The summed E-state index contributed by atoms with van der Waals surface area (Å²) in [5.74, 6) is 0.993. The molecule has 0 saturated heterocycles. The van der Waals surface area contributed by atoms with Gasteiger partial charge in [0.05, 0.1) is 0 Å². The third kappa shape index (κ3) is 5.05. The Morgan fingerprint density at radius 2 is 1.96 bits per heavy atom. The van der Waals surface area contributed by atoms with Crippen LogP contribution in [0.1, 0.15) is 66.2 Å². The first-order chi connectivity index (χ1) is 10.9. The average Bonchev–Trinajstić information content (AvgIpc) is 2.78. The predicted molar refractivity (Wildman–Crippen MR) is 91.9 cm³/mol. The van der Waals surface area contributed by atoms with E-state index in [2.05, 4.69) is 33.8 Å². The topological polar surface area (TPSA) is 43.4 Å². The zero-order valence-electron chi connectivity index (χ0n) is 14.9. The maximum Gasteiger partial charge on any atom is 0.334 e. The van der Waals surface area contributed by atoms with Crippen LogP contribution in [0.5, 0.6) is 0 Å². The van der Waals surface area contributed by atoms with E-state index in [-0.39, 0.29) is 24.3 Å². The van der Waals surface area contributed by atoms with Gasteiger partial charge in [0.25, 0.3) is 0 Å². The molecule has 0 aromatic rings. The Morgan fingerprint density at radius 3 is 2.65 bits per heavy atom. The van der Waals surface area contributed by atoms with Crippen LogP contribution in [0.15, 0.2) is 23.3 Å². The summed E-state index contributed by atoms with van der Waals surface area (Å²) in [6.07, 6.45) is 8.98. The molecule has 0 amide bonds. The van der Waals surface area contributed by atoms with Crippen molar-refractivity contribution in [3.63, 3.8) is 0 Å². The quantitative estimate of drug-likeness (QED) is 0.523. The van der Waals surface area contributed by atoms with Gasteiger partial charge in [0, 0.05) is 24.3 Å². The second-order valence-corrected chi connectivity index (χ2v) is 7.66. The Balaban J connectivity index is 2.21. The lowest BCUT2D eigenvalue weighted by molar-refractivity contribution is -0.142. The third-order valence-corrected chi connectivity index (χ3v) is 5.14. The molecule has 3 heteroatoms. The first-order valence-electron chi connectivity index (χ1n) is 8.95. The minimum Gasteiger partial charge on any atom is -0.454 e. The minimum atomic E-state index is -0.288. The molecule has 0 fully saturated rings. The fourth-order valence-electron chi connectivity index (χ4n) is 3.60. The summed E-state index contributed by atoms with van der Waals surface area (Å²) in [5.41, 5.74) is 1.97. The van der Waals surface area contributed by atoms with Crippen LogP contribution in [-0.4, -0.2) is 17.9 Å². The van der Waals surface area contributed by atoms with Crippen molar-refractivity contribution in [3.8, 4) is 0 Å². The monoisotopic (exact) mass is 318 g/mol. The zero-order chi connectivity index (χ0) is 17.0. The zero-order valence-corrected chi connectivity index (χ0v) is 14.9. The molecule has 0 spiro atoms. The van der Waals surface area contributed by atoms with Crippen LogP contribution in [0.3, 0.4) is 0 Å². The summed E-state index contributed by atoms with van der Waals surface area (Å²) in [4.78, 5) is 24.3. The molecule has 0 radical (unpaired) electrons. The van der Waals surface area contributed by atoms with E-state index >= 15 is 0 Å². The molecule has 3 nitrogen and oxygen atoms in total. The highest BCUT2D eigenvalue weighted by molar-refractivity contribution is 5.97. The van der Waals surface area contributed by atoms with Gasteiger partial charge in [-0.25, -0.2) is 4.79 Å². The van der Waals surface area contributed by atoms with Gasteiger partial charge in [-0.1, -0.05) is 32.4 Å². The Labute approximate surface area is 140 Å². The van der Waals surface area contributed by atoms with E-state index in [1.807, 2.05) is 6.08 Å². The molecule has 0 aromatic carbocycles. The molecule has 0 saturated carbocycles. The lowest BCUT2D eigenvalue weighted by Gasteiger charge is -2.25. The molecule has 1 heterocycles. The molecule has 2 rings (SSSR count). The van der Waals surface area contributed by atoms with Crippen molar-refractivity contribution in [2.24, 2.45) is 17.8 Å². The summed E-state index contributed by atoms with van der Waals surface area (Å²) >= 11 is 0. The van der Waals surface area contributed by atoms with E-state index in [9.17, 15) is 9.59 Å². The molecular weight excluding hydrogens is 288 g/mol. The highest BCUT2D eigenvalue weighted by atomic mass is 16.5. The van der Waals surface area contributed by atoms with Gasteiger partial charge >= 0.3 is 5.97 Å². The number of esters is 1. The largest absolute Gasteiger partial charge is 0.454 e. The first kappa shape index (κ1) is 18.0. The number of carbonyl (C=O) groups excluding carboxylic acids is 2. The Hall–Kier alpha value is -1.38. The van der Waals surface area contributed by atoms with Crippen LogP contribution < -0.4 is 0 Å². The van der Waals surface area contributed by atoms with Crippen LogP contribution >= 0.6 is 0 Å².